The van der Waals surface area contributed by atoms with E-state index in [2.05, 4.69) is 22.5 Å². The van der Waals surface area contributed by atoms with Crippen molar-refractivity contribution in [2.45, 2.75) is 6.42 Å². The third-order valence-electron chi connectivity index (χ3n) is 4.37. The van der Waals surface area contributed by atoms with Crippen molar-refractivity contribution in [2.24, 2.45) is 0 Å². The minimum absolute atomic E-state index is 0.0992. The zero-order valence-electron chi connectivity index (χ0n) is 17.1. The van der Waals surface area contributed by atoms with Gasteiger partial charge in [0.2, 0.25) is 5.91 Å². The summed E-state index contributed by atoms with van der Waals surface area (Å²) in [6.45, 7) is 0. The van der Waals surface area contributed by atoms with Crippen LogP contribution in [-0.4, -0.2) is 22.9 Å². The third kappa shape index (κ3) is 6.51. The molecule has 3 N–H and O–H groups in total. The lowest BCUT2D eigenvalue weighted by molar-refractivity contribution is -0.115. The second-order valence-corrected chi connectivity index (χ2v) is 6.79. The molecule has 2 amide bonds. The molecule has 0 heterocycles. The Balaban J connectivity index is 1.80. The molecule has 0 unspecified atom stereocenters. The van der Waals surface area contributed by atoms with Crippen LogP contribution < -0.4 is 10.6 Å². The average Bonchev–Trinajstić information content (AvgIpc) is 2.80. The zero-order valence-corrected chi connectivity index (χ0v) is 17.1. The summed E-state index contributed by atoms with van der Waals surface area (Å²) in [6.07, 6.45) is -1.84. The van der Waals surface area contributed by atoms with Crippen molar-refractivity contribution in [3.05, 3.63) is 94.8 Å². The fourth-order valence-electron chi connectivity index (χ4n) is 2.83. The Morgan fingerprint density at radius 1 is 0.848 bits per heavy atom. The molecular weight excluding hydrogens is 425 g/mol. The Kier molecular flexibility index (Phi) is 7.15. The van der Waals surface area contributed by atoms with Crippen LogP contribution in [-0.2, 0) is 4.79 Å². The summed E-state index contributed by atoms with van der Waals surface area (Å²) >= 11 is 0. The Morgan fingerprint density at radius 2 is 1.55 bits per heavy atom. The normalized spacial score (nSPS) is 9.70. The first-order valence-electron chi connectivity index (χ1n) is 9.59. The molecular formula is C25H16FN3O4. The summed E-state index contributed by atoms with van der Waals surface area (Å²) in [4.78, 5) is 36.0. The fourth-order valence-corrected chi connectivity index (χ4v) is 2.83. The summed E-state index contributed by atoms with van der Waals surface area (Å²) in [6, 6.07) is 17.9. The van der Waals surface area contributed by atoms with Gasteiger partial charge in [-0.3, -0.25) is 14.9 Å². The summed E-state index contributed by atoms with van der Waals surface area (Å²) < 4.78 is 13.0. The fraction of sp³-hybridized carbons (Fsp3) is 0.0400. The van der Waals surface area contributed by atoms with E-state index >= 15 is 0 Å². The summed E-state index contributed by atoms with van der Waals surface area (Å²) in [5.74, 6) is 4.16. The number of benzene rings is 3. The molecule has 0 aliphatic rings. The lowest BCUT2D eigenvalue weighted by Crippen LogP contribution is -2.18. The van der Waals surface area contributed by atoms with E-state index in [0.29, 0.717) is 16.7 Å². The SMILES string of the molecule is N#Cc1cccc(C(=O)CC(=O)Nc2cc(C#Cc3ccc(F)cc3)ccc2NC(=O)O)c1. The van der Waals surface area contributed by atoms with Gasteiger partial charge in [-0.1, -0.05) is 24.0 Å². The number of hydrogen-bond acceptors (Lipinski definition) is 4. The van der Waals surface area contributed by atoms with Crippen molar-refractivity contribution in [3.8, 4) is 17.9 Å². The predicted octanol–water partition coefficient (Wildman–Crippen LogP) is 4.40. The number of carbonyl (C=O) groups is 3. The number of Topliss-reactive ketones (excluding diaryl/α,β-unsaturated/α-hetero) is 1. The van der Waals surface area contributed by atoms with Gasteiger partial charge in [-0.25, -0.2) is 9.18 Å². The first-order valence-corrected chi connectivity index (χ1v) is 9.59. The van der Waals surface area contributed by atoms with Gasteiger partial charge in [-0.05, 0) is 54.6 Å². The number of halogens is 1. The molecule has 0 aromatic heterocycles. The van der Waals surface area contributed by atoms with Crippen LogP contribution in [0.25, 0.3) is 0 Å². The molecule has 0 bridgehead atoms. The highest BCUT2D eigenvalue weighted by atomic mass is 19.1. The second-order valence-electron chi connectivity index (χ2n) is 6.79. The topological polar surface area (TPSA) is 119 Å². The number of amides is 2. The van der Waals surface area contributed by atoms with Gasteiger partial charge in [-0.2, -0.15) is 5.26 Å². The van der Waals surface area contributed by atoms with Crippen molar-refractivity contribution in [1.29, 1.82) is 5.26 Å². The van der Waals surface area contributed by atoms with Gasteiger partial charge < -0.3 is 10.4 Å². The number of anilines is 2. The van der Waals surface area contributed by atoms with Crippen molar-refractivity contribution in [3.63, 3.8) is 0 Å². The summed E-state index contributed by atoms with van der Waals surface area (Å²) in [5.41, 5.74) is 1.75. The molecule has 0 radical (unpaired) electrons. The number of rotatable bonds is 5. The van der Waals surface area contributed by atoms with Crippen molar-refractivity contribution < 1.29 is 23.9 Å². The molecule has 8 heteroatoms. The largest absolute Gasteiger partial charge is 0.465 e. The first kappa shape index (κ1) is 22.7. The van der Waals surface area contributed by atoms with Gasteiger partial charge in [-0.15, -0.1) is 0 Å². The van der Waals surface area contributed by atoms with Crippen LogP contribution in [0.1, 0.15) is 33.5 Å². The quantitative estimate of drug-likeness (QED) is 0.308. The third-order valence-corrected chi connectivity index (χ3v) is 4.37. The van der Waals surface area contributed by atoms with Crippen molar-refractivity contribution >= 4 is 29.2 Å². The number of nitriles is 1. The number of ketones is 1. The summed E-state index contributed by atoms with van der Waals surface area (Å²) in [7, 11) is 0. The monoisotopic (exact) mass is 441 g/mol. The lowest BCUT2D eigenvalue weighted by atomic mass is 10.1. The van der Waals surface area contributed by atoms with E-state index in [1.165, 1.54) is 48.5 Å². The molecule has 0 saturated heterocycles. The molecule has 3 aromatic rings. The van der Waals surface area contributed by atoms with Gasteiger partial charge in [0.1, 0.15) is 5.82 Å². The molecule has 0 fully saturated rings. The van der Waals surface area contributed by atoms with E-state index in [-0.39, 0.29) is 22.8 Å². The molecule has 33 heavy (non-hydrogen) atoms. The number of nitrogens with one attached hydrogen (secondary N) is 2. The van der Waals surface area contributed by atoms with E-state index in [9.17, 15) is 18.8 Å². The highest BCUT2D eigenvalue weighted by molar-refractivity contribution is 6.12. The minimum atomic E-state index is -1.33. The van der Waals surface area contributed by atoms with Crippen LogP contribution in [0.4, 0.5) is 20.6 Å². The molecule has 3 aromatic carbocycles. The second kappa shape index (κ2) is 10.4. The van der Waals surface area contributed by atoms with Gasteiger partial charge >= 0.3 is 6.09 Å². The average molecular weight is 441 g/mol. The molecule has 0 spiro atoms. The first-order chi connectivity index (χ1) is 15.8. The highest BCUT2D eigenvalue weighted by Crippen LogP contribution is 2.24. The maximum Gasteiger partial charge on any atom is 0.409 e. The number of nitrogens with zero attached hydrogens (tertiary/aromatic N) is 1. The molecule has 0 aliphatic carbocycles. The van der Waals surface area contributed by atoms with Crippen LogP contribution in [0, 0.1) is 29.0 Å². The number of carbonyl (C=O) groups excluding carboxylic acids is 2. The van der Waals surface area contributed by atoms with Crippen LogP contribution in [0.2, 0.25) is 0 Å². The number of hydrogen-bond donors (Lipinski definition) is 3. The van der Waals surface area contributed by atoms with Gasteiger partial charge in [0.05, 0.1) is 29.4 Å². The molecule has 3 rings (SSSR count). The van der Waals surface area contributed by atoms with E-state index < -0.39 is 24.2 Å². The van der Waals surface area contributed by atoms with E-state index in [4.69, 9.17) is 10.4 Å². The predicted molar refractivity (Wildman–Crippen MR) is 119 cm³/mol. The van der Waals surface area contributed by atoms with Crippen molar-refractivity contribution in [1.82, 2.24) is 0 Å². The van der Waals surface area contributed by atoms with E-state index in [1.807, 2.05) is 6.07 Å². The zero-order chi connectivity index (χ0) is 23.8. The smallest absolute Gasteiger partial charge is 0.409 e. The maximum atomic E-state index is 13.0. The molecule has 0 aliphatic heterocycles. The maximum absolute atomic E-state index is 13.0. The molecule has 0 atom stereocenters. The lowest BCUT2D eigenvalue weighted by Gasteiger charge is -2.11. The van der Waals surface area contributed by atoms with E-state index in [1.54, 1.807) is 18.2 Å². The molecule has 7 nitrogen and oxygen atoms in total. The minimum Gasteiger partial charge on any atom is -0.465 e. The van der Waals surface area contributed by atoms with Gasteiger partial charge in [0, 0.05) is 16.7 Å². The molecule has 0 saturated carbocycles. The van der Waals surface area contributed by atoms with E-state index in [0.717, 1.165) is 0 Å². The Hall–Kier alpha value is -4.95. The van der Waals surface area contributed by atoms with Crippen molar-refractivity contribution in [2.75, 3.05) is 10.6 Å². The van der Waals surface area contributed by atoms with Crippen LogP contribution in [0.3, 0.4) is 0 Å². The molecule has 162 valence electrons. The Labute approximate surface area is 188 Å². The summed E-state index contributed by atoms with van der Waals surface area (Å²) in [5, 5.41) is 22.7. The highest BCUT2D eigenvalue weighted by Gasteiger charge is 2.15. The van der Waals surface area contributed by atoms with Crippen LogP contribution in [0.15, 0.2) is 66.7 Å². The Bertz CT molecular complexity index is 1330. The van der Waals surface area contributed by atoms with Crippen LogP contribution in [0.5, 0.6) is 0 Å². The van der Waals surface area contributed by atoms with Crippen LogP contribution >= 0.6 is 0 Å². The Morgan fingerprint density at radius 3 is 2.24 bits per heavy atom. The van der Waals surface area contributed by atoms with Gasteiger partial charge in [0.15, 0.2) is 5.78 Å². The standard InChI is InChI=1S/C25H16FN3O4/c26-20-9-6-16(7-10-20)4-5-17-8-11-21(29-25(32)33)22(13-17)28-24(31)14-23(30)19-3-1-2-18(12-19)15-27/h1-3,6-13,29H,14H2,(H,28,31)(H,32,33). The number of carboxylic acid groups (broad SMARTS) is 1. The van der Waals surface area contributed by atoms with Gasteiger partial charge in [0.25, 0.3) is 0 Å².